The molecule has 0 aliphatic heterocycles. The molecule has 0 saturated carbocycles. The van der Waals surface area contributed by atoms with Gasteiger partial charge in [-0.3, -0.25) is 0 Å². The molecular weight excluding hydrogens is 341 g/mol. The lowest BCUT2D eigenvalue weighted by Crippen LogP contribution is -1.99. The first-order valence-corrected chi connectivity index (χ1v) is 8.31. The Morgan fingerprint density at radius 1 is 0.880 bits per heavy atom. The molecule has 0 aliphatic carbocycles. The maximum Gasteiger partial charge on any atom is 0.247 e. The lowest BCUT2D eigenvalue weighted by Gasteiger charge is -1.96. The van der Waals surface area contributed by atoms with Crippen molar-refractivity contribution in [1.29, 1.82) is 0 Å². The molecule has 0 unspecified atom stereocenters. The van der Waals surface area contributed by atoms with Crippen LogP contribution < -0.4 is 5.32 Å². The van der Waals surface area contributed by atoms with Gasteiger partial charge in [-0.25, -0.2) is 4.39 Å². The molecule has 124 valence electrons. The molecule has 0 amide bonds. The van der Waals surface area contributed by atoms with E-state index in [0.29, 0.717) is 29.0 Å². The first-order chi connectivity index (χ1) is 12.3. The predicted molar refractivity (Wildman–Crippen MR) is 92.4 cm³/mol. The van der Waals surface area contributed by atoms with Gasteiger partial charge in [-0.15, -0.1) is 20.4 Å². The van der Waals surface area contributed by atoms with E-state index < -0.39 is 0 Å². The Bertz CT molecular complexity index is 968. The second kappa shape index (κ2) is 6.78. The molecular formula is C17H12FN5OS. The van der Waals surface area contributed by atoms with Crippen molar-refractivity contribution >= 4 is 16.5 Å². The van der Waals surface area contributed by atoms with E-state index in [0.717, 1.165) is 10.6 Å². The van der Waals surface area contributed by atoms with Gasteiger partial charge in [0.05, 0.1) is 6.54 Å². The number of anilines is 1. The maximum atomic E-state index is 13.0. The summed E-state index contributed by atoms with van der Waals surface area (Å²) < 4.78 is 18.5. The van der Waals surface area contributed by atoms with Crippen LogP contribution in [-0.4, -0.2) is 20.4 Å². The summed E-state index contributed by atoms with van der Waals surface area (Å²) in [5, 5.41) is 20.8. The second-order valence-corrected chi connectivity index (χ2v) is 6.12. The molecule has 25 heavy (non-hydrogen) atoms. The number of hydrogen-bond acceptors (Lipinski definition) is 7. The molecule has 0 radical (unpaired) electrons. The van der Waals surface area contributed by atoms with E-state index in [9.17, 15) is 4.39 Å². The van der Waals surface area contributed by atoms with Crippen molar-refractivity contribution in [3.63, 3.8) is 0 Å². The smallest absolute Gasteiger partial charge is 0.247 e. The van der Waals surface area contributed by atoms with E-state index in [4.69, 9.17) is 4.42 Å². The van der Waals surface area contributed by atoms with Crippen LogP contribution in [0.4, 0.5) is 9.52 Å². The lowest BCUT2D eigenvalue weighted by atomic mass is 10.2. The van der Waals surface area contributed by atoms with E-state index in [1.807, 2.05) is 30.3 Å². The molecule has 4 rings (SSSR count). The molecule has 0 saturated heterocycles. The third-order valence-electron chi connectivity index (χ3n) is 3.39. The molecule has 2 aromatic heterocycles. The number of benzene rings is 2. The molecule has 2 heterocycles. The van der Waals surface area contributed by atoms with Gasteiger partial charge in [0.2, 0.25) is 16.9 Å². The van der Waals surface area contributed by atoms with Gasteiger partial charge in [0, 0.05) is 11.1 Å². The topological polar surface area (TPSA) is 76.7 Å². The molecule has 0 fully saturated rings. The predicted octanol–water partition coefficient (Wildman–Crippen LogP) is 4.01. The zero-order valence-corrected chi connectivity index (χ0v) is 13.7. The number of halogens is 1. The Hall–Kier alpha value is -3.13. The Balaban J connectivity index is 1.42. The van der Waals surface area contributed by atoms with Gasteiger partial charge in [-0.2, -0.15) is 0 Å². The quantitative estimate of drug-likeness (QED) is 0.584. The highest BCUT2D eigenvalue weighted by molar-refractivity contribution is 7.18. The molecule has 0 spiro atoms. The molecule has 1 N–H and O–H groups in total. The Kier molecular flexibility index (Phi) is 4.17. The SMILES string of the molecule is Fc1ccc(-c2nnc(CNc3nnc(-c4ccccc4)s3)o2)cc1. The number of nitrogens with one attached hydrogen (secondary N) is 1. The van der Waals surface area contributed by atoms with Crippen molar-refractivity contribution in [2.45, 2.75) is 6.54 Å². The first-order valence-electron chi connectivity index (χ1n) is 7.49. The van der Waals surface area contributed by atoms with E-state index in [2.05, 4.69) is 25.7 Å². The third kappa shape index (κ3) is 3.53. The van der Waals surface area contributed by atoms with Crippen LogP contribution in [0.25, 0.3) is 22.0 Å². The van der Waals surface area contributed by atoms with E-state index >= 15 is 0 Å². The fourth-order valence-corrected chi connectivity index (χ4v) is 2.92. The van der Waals surface area contributed by atoms with Crippen LogP contribution in [0.5, 0.6) is 0 Å². The number of rotatable bonds is 5. The molecule has 4 aromatic rings. The van der Waals surface area contributed by atoms with E-state index in [1.165, 1.54) is 23.5 Å². The van der Waals surface area contributed by atoms with Crippen molar-refractivity contribution < 1.29 is 8.81 Å². The minimum absolute atomic E-state index is 0.310. The highest BCUT2D eigenvalue weighted by Gasteiger charge is 2.10. The summed E-state index contributed by atoms with van der Waals surface area (Å²) in [5.74, 6) is 0.450. The van der Waals surface area contributed by atoms with Gasteiger partial charge in [-0.05, 0) is 24.3 Å². The fraction of sp³-hybridized carbons (Fsp3) is 0.0588. The lowest BCUT2D eigenvalue weighted by molar-refractivity contribution is 0.514. The molecule has 0 aliphatic rings. The summed E-state index contributed by atoms with van der Waals surface area (Å²) in [5.41, 5.74) is 1.69. The van der Waals surface area contributed by atoms with Crippen LogP contribution in [-0.2, 0) is 6.54 Å². The monoisotopic (exact) mass is 353 g/mol. The summed E-state index contributed by atoms with van der Waals surface area (Å²) in [6.45, 7) is 0.331. The van der Waals surface area contributed by atoms with E-state index in [1.54, 1.807) is 12.1 Å². The Morgan fingerprint density at radius 2 is 1.68 bits per heavy atom. The normalized spacial score (nSPS) is 10.8. The second-order valence-electron chi connectivity index (χ2n) is 5.14. The molecule has 0 atom stereocenters. The van der Waals surface area contributed by atoms with Crippen molar-refractivity contribution in [2.24, 2.45) is 0 Å². The molecule has 0 bridgehead atoms. The van der Waals surface area contributed by atoms with Gasteiger partial charge in [-0.1, -0.05) is 41.7 Å². The van der Waals surface area contributed by atoms with Crippen LogP contribution in [0, 0.1) is 5.82 Å². The maximum absolute atomic E-state index is 13.0. The summed E-state index contributed by atoms with van der Waals surface area (Å²) >= 11 is 1.45. The molecule has 2 aromatic carbocycles. The third-order valence-corrected chi connectivity index (χ3v) is 4.32. The van der Waals surface area contributed by atoms with Gasteiger partial charge in [0.1, 0.15) is 10.8 Å². The largest absolute Gasteiger partial charge is 0.419 e. The van der Waals surface area contributed by atoms with Gasteiger partial charge in [0.25, 0.3) is 0 Å². The van der Waals surface area contributed by atoms with Crippen LogP contribution in [0.3, 0.4) is 0 Å². The van der Waals surface area contributed by atoms with Crippen LogP contribution >= 0.6 is 11.3 Å². The van der Waals surface area contributed by atoms with Crippen LogP contribution in [0.2, 0.25) is 0 Å². The Morgan fingerprint density at radius 3 is 2.48 bits per heavy atom. The average Bonchev–Trinajstić information content (AvgIpc) is 3.31. The summed E-state index contributed by atoms with van der Waals surface area (Å²) in [4.78, 5) is 0. The van der Waals surface area contributed by atoms with Gasteiger partial charge >= 0.3 is 0 Å². The van der Waals surface area contributed by atoms with Gasteiger partial charge in [0.15, 0.2) is 0 Å². The summed E-state index contributed by atoms with van der Waals surface area (Å²) in [7, 11) is 0. The number of aromatic nitrogens is 4. The molecule has 8 heteroatoms. The summed E-state index contributed by atoms with van der Waals surface area (Å²) in [6, 6.07) is 15.7. The molecule has 6 nitrogen and oxygen atoms in total. The van der Waals surface area contributed by atoms with Gasteiger partial charge < -0.3 is 9.73 Å². The van der Waals surface area contributed by atoms with Crippen LogP contribution in [0.15, 0.2) is 59.0 Å². The summed E-state index contributed by atoms with van der Waals surface area (Å²) in [6.07, 6.45) is 0. The highest BCUT2D eigenvalue weighted by atomic mass is 32.1. The minimum atomic E-state index is -0.310. The fourth-order valence-electron chi connectivity index (χ4n) is 2.18. The first kappa shape index (κ1) is 15.4. The number of nitrogens with zero attached hydrogens (tertiary/aromatic N) is 4. The standard InChI is InChI=1S/C17H12FN5OS/c18-13-8-6-11(7-9-13)15-21-20-14(24-15)10-19-17-23-22-16(25-17)12-4-2-1-3-5-12/h1-9H,10H2,(H,19,23). The average molecular weight is 353 g/mol. The van der Waals surface area contributed by atoms with Crippen LogP contribution in [0.1, 0.15) is 5.89 Å². The zero-order valence-electron chi connectivity index (χ0n) is 12.9. The minimum Gasteiger partial charge on any atom is -0.419 e. The van der Waals surface area contributed by atoms with Crippen molar-refractivity contribution in [1.82, 2.24) is 20.4 Å². The van der Waals surface area contributed by atoms with E-state index in [-0.39, 0.29) is 5.82 Å². The number of hydrogen-bond donors (Lipinski definition) is 1. The highest BCUT2D eigenvalue weighted by Crippen LogP contribution is 2.26. The van der Waals surface area contributed by atoms with Crippen molar-refractivity contribution in [3.8, 4) is 22.0 Å². The zero-order chi connectivity index (χ0) is 17.1. The Labute approximate surface area is 146 Å². The van der Waals surface area contributed by atoms with Crippen molar-refractivity contribution in [2.75, 3.05) is 5.32 Å². The van der Waals surface area contributed by atoms with Crippen molar-refractivity contribution in [3.05, 3.63) is 66.3 Å².